The number of benzene rings is 2. The summed E-state index contributed by atoms with van der Waals surface area (Å²) in [7, 11) is 0. The van der Waals surface area contributed by atoms with Crippen LogP contribution in [0.15, 0.2) is 73.6 Å². The molecule has 41 nitrogen and oxygen atoms in total. The van der Waals surface area contributed by atoms with E-state index in [1.807, 2.05) is 0 Å². The molecule has 0 saturated heterocycles. The van der Waals surface area contributed by atoms with Crippen molar-refractivity contribution in [2.24, 2.45) is 40.9 Å². The quantitative estimate of drug-likeness (QED) is 0.0185. The number of hydrogen-bond donors (Lipinski definition) is 23. The van der Waals surface area contributed by atoms with Gasteiger partial charge in [0.2, 0.25) is 88.6 Å². The number of carboxylic acids is 2. The fourth-order valence-electron chi connectivity index (χ4n) is 11.4. The predicted molar refractivity (Wildman–Crippen MR) is 417 cm³/mol. The van der Waals surface area contributed by atoms with E-state index < -0.39 is 230 Å². The number of aromatic amines is 2. The summed E-state index contributed by atoms with van der Waals surface area (Å²) in [5.74, 6) is -20.2. The maximum Gasteiger partial charge on any atom is 0.322 e. The van der Waals surface area contributed by atoms with Crippen LogP contribution in [-0.4, -0.2) is 232 Å². The van der Waals surface area contributed by atoms with Crippen molar-refractivity contribution in [2.75, 3.05) is 18.8 Å². The molecule has 0 fully saturated rings. The van der Waals surface area contributed by atoms with E-state index in [0.29, 0.717) is 11.1 Å². The molecule has 0 aliphatic rings. The number of primary amides is 2. The smallest absolute Gasteiger partial charge is 0.322 e. The van der Waals surface area contributed by atoms with Crippen molar-refractivity contribution in [2.45, 2.75) is 205 Å². The minimum Gasteiger partial charge on any atom is -0.508 e. The highest BCUT2D eigenvalue weighted by Gasteiger charge is 2.39. The number of aromatic nitrogens is 4. The number of phenolic OH excluding ortho intramolecular Hbond substituents is 2. The summed E-state index contributed by atoms with van der Waals surface area (Å²) in [6.07, 6.45) is 1.81. The molecule has 0 bridgehead atoms. The van der Waals surface area contributed by atoms with Crippen LogP contribution in [0.5, 0.6) is 11.5 Å². The van der Waals surface area contributed by atoms with Gasteiger partial charge in [0.1, 0.15) is 84.5 Å². The Morgan fingerprint density at radius 3 is 1.20 bits per heavy atom. The number of aromatic hydroxyl groups is 2. The highest BCUT2D eigenvalue weighted by atomic mass is 32.1. The molecule has 0 radical (unpaired) electrons. The molecule has 42 heteroatoms. The normalized spacial score (nSPS) is 14.5. The lowest BCUT2D eigenvalue weighted by Gasteiger charge is -2.31. The number of imidazole rings is 2. The number of carbonyl (C=O) groups excluding carboxylic acids is 15. The number of rotatable bonds is 51. The van der Waals surface area contributed by atoms with Gasteiger partial charge in [-0.05, 0) is 84.7 Å². The minimum atomic E-state index is -1.69. The zero-order chi connectivity index (χ0) is 86.6. The Balaban J connectivity index is 1.57. The molecule has 0 spiro atoms. The van der Waals surface area contributed by atoms with Gasteiger partial charge in [0.25, 0.3) is 0 Å². The summed E-state index contributed by atoms with van der Waals surface area (Å²) in [6, 6.07) is -6.92. The largest absolute Gasteiger partial charge is 0.508 e. The average Bonchev–Trinajstić information content (AvgIpc) is 0.976. The Morgan fingerprint density at radius 1 is 0.414 bits per heavy atom. The number of phenols is 2. The molecule has 2 aromatic heterocycles. The molecule has 15 amide bonds. The van der Waals surface area contributed by atoms with Gasteiger partial charge in [0, 0.05) is 63.1 Å². The Morgan fingerprint density at radius 2 is 0.776 bits per heavy atom. The first-order valence-corrected chi connectivity index (χ1v) is 38.1. The SMILES string of the molecule is CC[C@H](C)[C@H](NC(=O)[C@@H](NC(=O)[C@H](Cc1ccc(O)cc1)NC(=O)[C@H](CS)NC(=O)CNC(=O)[C@H](Cc1ccc(O)cc1)NC(=O)[C@@H](N)CCC(N)=O)C(C)C)C(=O)N[C@@H](CCC(N)=O)C(=O)N[C@@H](Cc1c[nH]cn1)C(=O)N[C@H](C(=O)N[C@@H](CC(C)C)C(=O)N[C@@H](CCC(=O)O)C(=O)N[C@@H](Cc1c[nH]cn1)C(=O)NCC(=O)O)C(C)C. The number of thiol groups is 1. The Bertz CT molecular complexity index is 4020. The van der Waals surface area contributed by atoms with Crippen LogP contribution in [0.2, 0.25) is 0 Å². The van der Waals surface area contributed by atoms with E-state index in [0.717, 1.165) is 0 Å². The van der Waals surface area contributed by atoms with Crippen molar-refractivity contribution in [3.63, 3.8) is 0 Å². The number of amides is 15. The second kappa shape index (κ2) is 48.1. The molecule has 0 unspecified atom stereocenters. The fraction of sp³-hybridized carbons (Fsp3) is 0.527. The maximum absolute atomic E-state index is 14.7. The number of aliphatic carboxylic acids is 2. The number of H-pyrrole nitrogens is 2. The standard InChI is InChI=1S/C74H108N20O21S/c1-9-39(8)62(94-73(114)61(38(6)7)93-69(110)51(26-41-12-16-45(96)17-13-41)88-71(112)54(33-116)84-57(99)31-80-64(105)50(25-40-10-14-44(95)15-11-40)87-63(104)46(75)18-21-55(76)97)74(115)86-47(19-22-56(77)98)66(107)90-53(28-43-30-79-35-83-43)70(111)92-60(37(4)5)72(113)91-49(24-36(2)3)68(109)85-48(20-23-58(100)101)67(108)89-52(27-42-29-78-34-82-42)65(106)81-32-59(102)103/h10-17,29-30,34-39,46-54,60-62,95-96,116H,9,18-28,31-33,75H2,1-8H3,(H2,76,97)(H2,77,98)(H,78,82)(H,79,83)(H,80,105)(H,81,106)(H,84,99)(H,85,109)(H,86,115)(H,87,104)(H,88,112)(H,89,108)(H,90,107)(H,91,113)(H,92,111)(H,93,110)(H,94,114)(H,100,101)(H,102,103)/t39-,46-,47-,48-,49-,50-,51-,52-,53-,54-,60-,61-,62-/m0/s1. The average molecular weight is 1650 g/mol. The van der Waals surface area contributed by atoms with Gasteiger partial charge < -0.3 is 117 Å². The molecule has 0 aliphatic heterocycles. The lowest BCUT2D eigenvalue weighted by Crippen LogP contribution is -2.62. The molecular formula is C74H108N20O21S. The van der Waals surface area contributed by atoms with Crippen molar-refractivity contribution in [3.05, 3.63) is 96.1 Å². The summed E-state index contributed by atoms with van der Waals surface area (Å²) < 4.78 is 0. The van der Waals surface area contributed by atoms with Crippen LogP contribution in [0.4, 0.5) is 0 Å². The third-order valence-corrected chi connectivity index (χ3v) is 18.5. The van der Waals surface area contributed by atoms with Gasteiger partial charge in [-0.2, -0.15) is 12.6 Å². The van der Waals surface area contributed by atoms with Gasteiger partial charge in [0.15, 0.2) is 0 Å². The van der Waals surface area contributed by atoms with Gasteiger partial charge in [-0.3, -0.25) is 81.5 Å². The Hall–Kier alpha value is -12.2. The van der Waals surface area contributed by atoms with Crippen molar-refractivity contribution in [1.82, 2.24) is 89.1 Å². The Kier molecular flexibility index (Phi) is 39.8. The molecule has 4 rings (SSSR count). The number of carboxylic acid groups (broad SMARTS) is 2. The molecule has 0 aliphatic carbocycles. The molecule has 4 aromatic rings. The lowest BCUT2D eigenvalue weighted by molar-refractivity contribution is -0.139. The van der Waals surface area contributed by atoms with Crippen LogP contribution in [0.1, 0.15) is 129 Å². The molecule has 116 heavy (non-hydrogen) atoms. The molecule has 2 aromatic carbocycles. The number of nitrogens with two attached hydrogens (primary N) is 3. The number of nitrogens with zero attached hydrogens (tertiary/aromatic N) is 2. The first-order valence-electron chi connectivity index (χ1n) is 37.4. The van der Waals surface area contributed by atoms with Crippen molar-refractivity contribution in [3.8, 4) is 11.5 Å². The van der Waals surface area contributed by atoms with Gasteiger partial charge in [0.05, 0.1) is 36.6 Å². The zero-order valence-electron chi connectivity index (χ0n) is 65.6. The summed E-state index contributed by atoms with van der Waals surface area (Å²) >= 11 is 4.26. The van der Waals surface area contributed by atoms with E-state index in [-0.39, 0.29) is 85.9 Å². The predicted octanol–water partition coefficient (Wildman–Crippen LogP) is -4.48. The summed E-state index contributed by atoms with van der Waals surface area (Å²) in [4.78, 5) is 244. The molecule has 636 valence electrons. The van der Waals surface area contributed by atoms with E-state index >= 15 is 0 Å². The molecule has 13 atom stereocenters. The lowest BCUT2D eigenvalue weighted by atomic mass is 9.95. The minimum absolute atomic E-state index is 0.0844. The van der Waals surface area contributed by atoms with E-state index in [1.54, 1.807) is 55.4 Å². The monoisotopic (exact) mass is 1640 g/mol. The van der Waals surface area contributed by atoms with Gasteiger partial charge in [-0.1, -0.05) is 86.1 Å². The van der Waals surface area contributed by atoms with E-state index in [2.05, 4.69) is 102 Å². The molecule has 2 heterocycles. The third-order valence-electron chi connectivity index (χ3n) is 18.1. The molecular weight excluding hydrogens is 1540 g/mol. The van der Waals surface area contributed by atoms with Crippen LogP contribution >= 0.6 is 12.6 Å². The molecule has 0 saturated carbocycles. The number of carbonyl (C=O) groups is 17. The second-order valence-electron chi connectivity index (χ2n) is 28.8. The van der Waals surface area contributed by atoms with Crippen LogP contribution < -0.4 is 86.3 Å². The topological polar surface area (TPSA) is 663 Å². The fourth-order valence-corrected chi connectivity index (χ4v) is 11.7. The molecule has 25 N–H and O–H groups in total. The summed E-state index contributed by atoms with van der Waals surface area (Å²) in [5, 5.41) is 71.4. The van der Waals surface area contributed by atoms with Crippen molar-refractivity contribution in [1.29, 1.82) is 0 Å². The van der Waals surface area contributed by atoms with E-state index in [1.165, 1.54) is 73.6 Å². The van der Waals surface area contributed by atoms with Gasteiger partial charge in [-0.25, -0.2) is 9.97 Å². The van der Waals surface area contributed by atoms with Gasteiger partial charge >= 0.3 is 11.9 Å². The second-order valence-corrected chi connectivity index (χ2v) is 29.2. The Labute approximate surface area is 673 Å². The summed E-state index contributed by atoms with van der Waals surface area (Å²) in [5.41, 5.74) is 18.1. The number of nitrogens with one attached hydrogen (secondary N) is 15. The van der Waals surface area contributed by atoms with Crippen LogP contribution in [0.25, 0.3) is 0 Å². The maximum atomic E-state index is 14.7. The number of hydrogen-bond acceptors (Lipinski definition) is 23. The van der Waals surface area contributed by atoms with Crippen LogP contribution in [-0.2, 0) is 107 Å². The van der Waals surface area contributed by atoms with E-state index in [4.69, 9.17) is 17.2 Å². The first-order chi connectivity index (χ1) is 54.7. The highest BCUT2D eigenvalue weighted by Crippen LogP contribution is 2.18. The highest BCUT2D eigenvalue weighted by molar-refractivity contribution is 7.80. The van der Waals surface area contributed by atoms with Crippen molar-refractivity contribution < 1.29 is 102 Å². The zero-order valence-corrected chi connectivity index (χ0v) is 66.5. The van der Waals surface area contributed by atoms with Gasteiger partial charge in [-0.15, -0.1) is 0 Å². The van der Waals surface area contributed by atoms with E-state index in [9.17, 15) is 102 Å². The third kappa shape index (κ3) is 33.8. The summed E-state index contributed by atoms with van der Waals surface area (Å²) in [6.45, 7) is 11.3. The van der Waals surface area contributed by atoms with Crippen LogP contribution in [0, 0.1) is 23.7 Å². The first kappa shape index (κ1) is 96.1. The van der Waals surface area contributed by atoms with Crippen molar-refractivity contribution >= 4 is 113 Å². The van der Waals surface area contributed by atoms with Crippen LogP contribution in [0.3, 0.4) is 0 Å².